The van der Waals surface area contributed by atoms with E-state index in [4.69, 9.17) is 0 Å². The van der Waals surface area contributed by atoms with E-state index in [-0.39, 0.29) is 5.91 Å². The molecule has 118 valence electrons. The first kappa shape index (κ1) is 15.1. The van der Waals surface area contributed by atoms with Gasteiger partial charge >= 0.3 is 5.97 Å². The third kappa shape index (κ3) is 3.49. The van der Waals surface area contributed by atoms with Gasteiger partial charge in [0.15, 0.2) is 0 Å². The maximum absolute atomic E-state index is 12.2. The van der Waals surface area contributed by atoms with Gasteiger partial charge in [0.2, 0.25) is 5.91 Å². The van der Waals surface area contributed by atoms with Gasteiger partial charge < -0.3 is 10.4 Å². The van der Waals surface area contributed by atoms with E-state index < -0.39 is 12.0 Å². The number of rotatable bonds is 6. The Labute approximate surface area is 130 Å². The molecule has 1 amide bonds. The van der Waals surface area contributed by atoms with Crippen molar-refractivity contribution in [2.45, 2.75) is 44.6 Å². The van der Waals surface area contributed by atoms with Crippen molar-refractivity contribution >= 4 is 11.9 Å². The van der Waals surface area contributed by atoms with Crippen molar-refractivity contribution in [2.75, 3.05) is 0 Å². The fourth-order valence-electron chi connectivity index (χ4n) is 4.17. The van der Waals surface area contributed by atoms with Crippen LogP contribution in [0.15, 0.2) is 30.3 Å². The number of benzene rings is 1. The lowest BCUT2D eigenvalue weighted by molar-refractivity contribution is -0.142. The number of amides is 1. The summed E-state index contributed by atoms with van der Waals surface area (Å²) in [5, 5.41) is 12.0. The molecule has 0 aromatic heterocycles. The second-order valence-electron chi connectivity index (χ2n) is 6.79. The van der Waals surface area contributed by atoms with Crippen LogP contribution < -0.4 is 5.32 Å². The van der Waals surface area contributed by atoms with Crippen molar-refractivity contribution in [1.29, 1.82) is 0 Å². The Morgan fingerprint density at radius 2 is 1.95 bits per heavy atom. The van der Waals surface area contributed by atoms with Gasteiger partial charge in [0, 0.05) is 12.8 Å². The highest BCUT2D eigenvalue weighted by atomic mass is 16.4. The Bertz CT molecular complexity index is 543. The SMILES string of the molecule is O=C(CC1CC2CCC1C2)N[C@H](Cc1ccccc1)C(=O)O. The molecule has 2 bridgehead atoms. The summed E-state index contributed by atoms with van der Waals surface area (Å²) in [5.74, 6) is 0.881. The van der Waals surface area contributed by atoms with Gasteiger partial charge in [0.05, 0.1) is 0 Å². The monoisotopic (exact) mass is 301 g/mol. The van der Waals surface area contributed by atoms with E-state index in [1.54, 1.807) is 0 Å². The Balaban J connectivity index is 1.54. The maximum Gasteiger partial charge on any atom is 0.326 e. The topological polar surface area (TPSA) is 66.4 Å². The smallest absolute Gasteiger partial charge is 0.326 e. The quantitative estimate of drug-likeness (QED) is 0.849. The standard InChI is InChI=1S/C18H23NO3/c20-17(11-15-9-13-6-7-14(15)8-13)19-16(18(21)22)10-12-4-2-1-3-5-12/h1-5,13-16H,6-11H2,(H,19,20)(H,21,22)/t13?,14?,15?,16-/m1/s1. The summed E-state index contributed by atoms with van der Waals surface area (Å²) in [6.45, 7) is 0. The molecule has 4 heteroatoms. The van der Waals surface area contributed by atoms with Crippen LogP contribution in [0.2, 0.25) is 0 Å². The van der Waals surface area contributed by atoms with Crippen molar-refractivity contribution in [1.82, 2.24) is 5.32 Å². The van der Waals surface area contributed by atoms with E-state index in [9.17, 15) is 14.7 Å². The second kappa shape index (κ2) is 6.51. The first-order valence-corrected chi connectivity index (χ1v) is 8.18. The van der Waals surface area contributed by atoms with Crippen molar-refractivity contribution in [3.63, 3.8) is 0 Å². The first-order valence-electron chi connectivity index (χ1n) is 8.18. The molecule has 4 nitrogen and oxygen atoms in total. The maximum atomic E-state index is 12.2. The van der Waals surface area contributed by atoms with Gasteiger partial charge in [-0.15, -0.1) is 0 Å². The van der Waals surface area contributed by atoms with Gasteiger partial charge in [0.25, 0.3) is 0 Å². The Morgan fingerprint density at radius 1 is 1.18 bits per heavy atom. The first-order chi connectivity index (χ1) is 10.6. The molecule has 1 aromatic carbocycles. The number of fused-ring (bicyclic) bond motifs is 2. The molecule has 2 fully saturated rings. The lowest BCUT2D eigenvalue weighted by Gasteiger charge is -2.22. The summed E-state index contributed by atoms with van der Waals surface area (Å²) < 4.78 is 0. The Morgan fingerprint density at radius 3 is 2.55 bits per heavy atom. The van der Waals surface area contributed by atoms with Gasteiger partial charge in [-0.2, -0.15) is 0 Å². The minimum atomic E-state index is -0.967. The summed E-state index contributed by atoms with van der Waals surface area (Å²) in [5.41, 5.74) is 0.926. The molecule has 0 saturated heterocycles. The van der Waals surface area contributed by atoms with Crippen molar-refractivity contribution < 1.29 is 14.7 Å². The number of carbonyl (C=O) groups excluding carboxylic acids is 1. The molecule has 3 rings (SSSR count). The van der Waals surface area contributed by atoms with E-state index in [1.165, 1.54) is 19.3 Å². The average Bonchev–Trinajstić information content (AvgIpc) is 3.10. The molecule has 3 unspecified atom stereocenters. The third-order valence-corrected chi connectivity index (χ3v) is 5.25. The number of aliphatic carboxylic acids is 1. The lowest BCUT2D eigenvalue weighted by Crippen LogP contribution is -2.43. The second-order valence-corrected chi connectivity index (χ2v) is 6.79. The van der Waals surface area contributed by atoms with Gasteiger partial charge in [-0.25, -0.2) is 4.79 Å². The average molecular weight is 301 g/mol. The van der Waals surface area contributed by atoms with Crippen LogP contribution in [0.4, 0.5) is 0 Å². The largest absolute Gasteiger partial charge is 0.480 e. The normalized spacial score (nSPS) is 27.5. The van der Waals surface area contributed by atoms with Crippen LogP contribution in [0.5, 0.6) is 0 Å². The van der Waals surface area contributed by atoms with Gasteiger partial charge in [-0.3, -0.25) is 4.79 Å². The molecule has 2 aliphatic carbocycles. The summed E-state index contributed by atoms with van der Waals surface area (Å²) in [7, 11) is 0. The molecular formula is C18H23NO3. The zero-order valence-corrected chi connectivity index (χ0v) is 12.7. The number of carboxylic acid groups (broad SMARTS) is 1. The van der Waals surface area contributed by atoms with Crippen LogP contribution in [0.3, 0.4) is 0 Å². The van der Waals surface area contributed by atoms with Crippen LogP contribution in [0.25, 0.3) is 0 Å². The summed E-state index contributed by atoms with van der Waals surface area (Å²) in [4.78, 5) is 23.6. The molecule has 22 heavy (non-hydrogen) atoms. The van der Waals surface area contributed by atoms with Crippen LogP contribution >= 0.6 is 0 Å². The van der Waals surface area contributed by atoms with Gasteiger partial charge in [0.1, 0.15) is 6.04 Å². The van der Waals surface area contributed by atoms with E-state index in [0.717, 1.165) is 17.9 Å². The zero-order chi connectivity index (χ0) is 15.5. The number of carboxylic acids is 1. The molecule has 2 aliphatic rings. The molecule has 0 radical (unpaired) electrons. The summed E-state index contributed by atoms with van der Waals surface area (Å²) in [6.07, 6.45) is 5.79. The number of nitrogens with one attached hydrogen (secondary N) is 1. The van der Waals surface area contributed by atoms with Crippen molar-refractivity contribution in [3.8, 4) is 0 Å². The highest BCUT2D eigenvalue weighted by Crippen LogP contribution is 2.49. The summed E-state index contributed by atoms with van der Waals surface area (Å²) in [6, 6.07) is 8.59. The minimum absolute atomic E-state index is 0.110. The lowest BCUT2D eigenvalue weighted by atomic mass is 9.86. The summed E-state index contributed by atoms with van der Waals surface area (Å²) >= 11 is 0. The number of hydrogen-bond acceptors (Lipinski definition) is 2. The molecule has 0 heterocycles. The number of carbonyl (C=O) groups is 2. The van der Waals surface area contributed by atoms with E-state index >= 15 is 0 Å². The van der Waals surface area contributed by atoms with E-state index in [2.05, 4.69) is 5.32 Å². The van der Waals surface area contributed by atoms with Gasteiger partial charge in [-0.1, -0.05) is 36.8 Å². The molecule has 4 atom stereocenters. The predicted octanol–water partition coefficient (Wildman–Crippen LogP) is 2.62. The van der Waals surface area contributed by atoms with Crippen LogP contribution in [-0.2, 0) is 16.0 Å². The minimum Gasteiger partial charge on any atom is -0.480 e. The molecule has 0 spiro atoms. The fourth-order valence-corrected chi connectivity index (χ4v) is 4.17. The highest BCUT2D eigenvalue weighted by Gasteiger charge is 2.40. The van der Waals surface area contributed by atoms with E-state index in [1.807, 2.05) is 30.3 Å². The van der Waals surface area contributed by atoms with Crippen LogP contribution in [-0.4, -0.2) is 23.0 Å². The zero-order valence-electron chi connectivity index (χ0n) is 12.7. The van der Waals surface area contributed by atoms with Crippen molar-refractivity contribution in [3.05, 3.63) is 35.9 Å². The third-order valence-electron chi connectivity index (χ3n) is 5.25. The van der Waals surface area contributed by atoms with Crippen molar-refractivity contribution in [2.24, 2.45) is 17.8 Å². The van der Waals surface area contributed by atoms with E-state index in [0.29, 0.717) is 24.7 Å². The predicted molar refractivity (Wildman–Crippen MR) is 83.3 cm³/mol. The highest BCUT2D eigenvalue weighted by molar-refractivity contribution is 5.83. The molecular weight excluding hydrogens is 278 g/mol. The molecule has 2 saturated carbocycles. The Kier molecular flexibility index (Phi) is 4.46. The Hall–Kier alpha value is -1.84. The number of hydrogen-bond donors (Lipinski definition) is 2. The van der Waals surface area contributed by atoms with Crippen LogP contribution in [0.1, 0.15) is 37.7 Å². The fraction of sp³-hybridized carbons (Fsp3) is 0.556. The van der Waals surface area contributed by atoms with Gasteiger partial charge in [-0.05, 0) is 42.6 Å². The van der Waals surface area contributed by atoms with Crippen LogP contribution in [0, 0.1) is 17.8 Å². The molecule has 1 aromatic rings. The molecule has 2 N–H and O–H groups in total. The molecule has 0 aliphatic heterocycles.